The second kappa shape index (κ2) is 4.87. The molecule has 0 saturated carbocycles. The van der Waals surface area contributed by atoms with E-state index < -0.39 is 0 Å². The van der Waals surface area contributed by atoms with Crippen LogP contribution >= 0.6 is 11.6 Å². The molecule has 1 heterocycles. The molecular formula is C15H11ClF2N2. The van der Waals surface area contributed by atoms with Crippen LogP contribution in [-0.2, 0) is 5.88 Å². The van der Waals surface area contributed by atoms with E-state index in [2.05, 4.69) is 4.98 Å². The third-order valence-electron chi connectivity index (χ3n) is 3.15. The zero-order chi connectivity index (χ0) is 14.3. The van der Waals surface area contributed by atoms with Crippen molar-refractivity contribution in [2.75, 3.05) is 0 Å². The maximum absolute atomic E-state index is 14.2. The van der Waals surface area contributed by atoms with Crippen LogP contribution < -0.4 is 0 Å². The fourth-order valence-electron chi connectivity index (χ4n) is 2.26. The summed E-state index contributed by atoms with van der Waals surface area (Å²) < 4.78 is 29.1. The van der Waals surface area contributed by atoms with Gasteiger partial charge >= 0.3 is 0 Å². The van der Waals surface area contributed by atoms with Crippen LogP contribution in [0.3, 0.4) is 0 Å². The van der Waals surface area contributed by atoms with Crippen LogP contribution in [-0.4, -0.2) is 9.55 Å². The van der Waals surface area contributed by atoms with Gasteiger partial charge in [0.2, 0.25) is 0 Å². The third kappa shape index (κ3) is 2.06. The highest BCUT2D eigenvalue weighted by atomic mass is 35.5. The predicted molar refractivity (Wildman–Crippen MR) is 75.3 cm³/mol. The van der Waals surface area contributed by atoms with Crippen LogP contribution in [0.5, 0.6) is 0 Å². The van der Waals surface area contributed by atoms with Crippen molar-refractivity contribution in [3.05, 3.63) is 59.4 Å². The lowest BCUT2D eigenvalue weighted by atomic mass is 10.2. The second-order valence-corrected chi connectivity index (χ2v) is 4.85. The van der Waals surface area contributed by atoms with E-state index in [1.807, 2.05) is 13.0 Å². The first kappa shape index (κ1) is 13.1. The molecule has 0 fully saturated rings. The van der Waals surface area contributed by atoms with Crippen LogP contribution in [0.1, 0.15) is 11.4 Å². The molecule has 0 aliphatic heterocycles. The molecule has 0 unspecified atom stereocenters. The average molecular weight is 293 g/mol. The molecule has 3 rings (SSSR count). The minimum absolute atomic E-state index is 0.115. The number of fused-ring (bicyclic) bond motifs is 1. The lowest BCUT2D eigenvalue weighted by Gasteiger charge is -2.09. The van der Waals surface area contributed by atoms with Gasteiger partial charge in [0.25, 0.3) is 0 Å². The Balaban J connectivity index is 2.34. The Bertz CT molecular complexity index is 796. The van der Waals surface area contributed by atoms with Gasteiger partial charge in [-0.3, -0.25) is 4.57 Å². The molecule has 0 radical (unpaired) electrons. The van der Waals surface area contributed by atoms with E-state index in [0.29, 0.717) is 22.5 Å². The Morgan fingerprint density at radius 3 is 2.65 bits per heavy atom. The fraction of sp³-hybridized carbons (Fsp3) is 0.133. The molecule has 1 aromatic heterocycles. The van der Waals surface area contributed by atoms with Gasteiger partial charge < -0.3 is 0 Å². The maximum Gasteiger partial charge on any atom is 0.147 e. The summed E-state index contributed by atoms with van der Waals surface area (Å²) in [6, 6.07) is 9.14. The van der Waals surface area contributed by atoms with Crippen molar-refractivity contribution in [3.8, 4) is 5.69 Å². The first-order valence-corrected chi connectivity index (χ1v) is 6.63. The summed E-state index contributed by atoms with van der Waals surface area (Å²) in [6.07, 6.45) is 0. The van der Waals surface area contributed by atoms with Gasteiger partial charge in [-0.05, 0) is 36.8 Å². The van der Waals surface area contributed by atoms with E-state index >= 15 is 0 Å². The van der Waals surface area contributed by atoms with Gasteiger partial charge in [0.15, 0.2) is 0 Å². The van der Waals surface area contributed by atoms with Crippen LogP contribution in [0.25, 0.3) is 16.7 Å². The van der Waals surface area contributed by atoms with Crippen molar-refractivity contribution in [3.63, 3.8) is 0 Å². The van der Waals surface area contributed by atoms with Crippen LogP contribution in [0.15, 0.2) is 36.4 Å². The number of benzene rings is 2. The van der Waals surface area contributed by atoms with Crippen LogP contribution in [0.4, 0.5) is 8.78 Å². The number of nitrogens with zero attached hydrogens (tertiary/aromatic N) is 2. The summed E-state index contributed by atoms with van der Waals surface area (Å²) in [5.74, 6) is -0.147. The number of hydrogen-bond acceptors (Lipinski definition) is 1. The van der Waals surface area contributed by atoms with Gasteiger partial charge in [-0.15, -0.1) is 11.6 Å². The third-order valence-corrected chi connectivity index (χ3v) is 3.39. The Kier molecular flexibility index (Phi) is 3.18. The SMILES string of the molecule is Cc1ccc(-n2c(CCl)nc3cc(F)ccc32)c(F)c1. The highest BCUT2D eigenvalue weighted by Gasteiger charge is 2.15. The Morgan fingerprint density at radius 1 is 1.15 bits per heavy atom. The topological polar surface area (TPSA) is 17.8 Å². The highest BCUT2D eigenvalue weighted by molar-refractivity contribution is 6.17. The van der Waals surface area contributed by atoms with E-state index in [-0.39, 0.29) is 17.5 Å². The van der Waals surface area contributed by atoms with Crippen LogP contribution in [0, 0.1) is 18.6 Å². The number of hydrogen-bond donors (Lipinski definition) is 0. The van der Waals surface area contributed by atoms with Crippen molar-refractivity contribution in [1.82, 2.24) is 9.55 Å². The summed E-state index contributed by atoms with van der Waals surface area (Å²) >= 11 is 5.88. The molecule has 3 aromatic rings. The molecule has 0 spiro atoms. The van der Waals surface area contributed by atoms with Crippen LogP contribution in [0.2, 0.25) is 0 Å². The molecule has 102 valence electrons. The van der Waals surface area contributed by atoms with Gasteiger partial charge in [0.1, 0.15) is 17.5 Å². The summed E-state index contributed by atoms with van der Waals surface area (Å²) in [4.78, 5) is 4.26. The summed E-state index contributed by atoms with van der Waals surface area (Å²) in [6.45, 7) is 1.82. The molecule has 0 aliphatic rings. The number of imidazole rings is 1. The Labute approximate surface area is 119 Å². The van der Waals surface area contributed by atoms with Gasteiger partial charge in [-0.2, -0.15) is 0 Å². The van der Waals surface area contributed by atoms with Gasteiger partial charge in [-0.25, -0.2) is 13.8 Å². The predicted octanol–water partition coefficient (Wildman–Crippen LogP) is 4.35. The normalized spacial score (nSPS) is 11.2. The van der Waals surface area contributed by atoms with Gasteiger partial charge in [-0.1, -0.05) is 6.07 Å². The van der Waals surface area contributed by atoms with E-state index in [1.54, 1.807) is 16.7 Å². The van der Waals surface area contributed by atoms with E-state index in [9.17, 15) is 8.78 Å². The molecule has 0 amide bonds. The average Bonchev–Trinajstić information content (AvgIpc) is 2.76. The number of rotatable bonds is 2. The number of alkyl halides is 1. The molecule has 2 aromatic carbocycles. The second-order valence-electron chi connectivity index (χ2n) is 4.58. The van der Waals surface area contributed by atoms with Crippen molar-refractivity contribution in [2.45, 2.75) is 12.8 Å². The molecule has 2 nitrogen and oxygen atoms in total. The van der Waals surface area contributed by atoms with Crippen molar-refractivity contribution >= 4 is 22.6 Å². The minimum atomic E-state index is -0.382. The summed E-state index contributed by atoms with van der Waals surface area (Å²) in [7, 11) is 0. The maximum atomic E-state index is 14.2. The smallest absolute Gasteiger partial charge is 0.147 e. The van der Waals surface area contributed by atoms with E-state index in [4.69, 9.17) is 11.6 Å². The zero-order valence-corrected chi connectivity index (χ0v) is 11.5. The zero-order valence-electron chi connectivity index (χ0n) is 10.7. The molecule has 0 saturated heterocycles. The lowest BCUT2D eigenvalue weighted by molar-refractivity contribution is 0.616. The number of aryl methyl sites for hydroxylation is 1. The van der Waals surface area contributed by atoms with Gasteiger partial charge in [0.05, 0.1) is 22.6 Å². The van der Waals surface area contributed by atoms with E-state index in [1.165, 1.54) is 18.2 Å². The number of aromatic nitrogens is 2. The largest absolute Gasteiger partial charge is 0.292 e. The van der Waals surface area contributed by atoms with Crippen molar-refractivity contribution < 1.29 is 8.78 Å². The summed E-state index contributed by atoms with van der Waals surface area (Å²) in [5.41, 5.74) is 2.28. The molecule has 0 bridgehead atoms. The Hall–Kier alpha value is -1.94. The molecule has 0 atom stereocenters. The highest BCUT2D eigenvalue weighted by Crippen LogP contribution is 2.25. The molecular weight excluding hydrogens is 282 g/mol. The van der Waals surface area contributed by atoms with Gasteiger partial charge in [0, 0.05) is 6.07 Å². The minimum Gasteiger partial charge on any atom is -0.292 e. The van der Waals surface area contributed by atoms with Crippen molar-refractivity contribution in [1.29, 1.82) is 0 Å². The molecule has 0 N–H and O–H groups in total. The lowest BCUT2D eigenvalue weighted by Crippen LogP contribution is -2.02. The summed E-state index contributed by atoms with van der Waals surface area (Å²) in [5, 5.41) is 0. The van der Waals surface area contributed by atoms with E-state index in [0.717, 1.165) is 5.56 Å². The first-order chi connectivity index (χ1) is 9.60. The molecule has 5 heteroatoms. The van der Waals surface area contributed by atoms with Crippen molar-refractivity contribution in [2.24, 2.45) is 0 Å². The fourth-order valence-corrected chi connectivity index (χ4v) is 2.43. The molecule has 20 heavy (non-hydrogen) atoms. The first-order valence-electron chi connectivity index (χ1n) is 6.09. The Morgan fingerprint density at radius 2 is 1.95 bits per heavy atom. The molecule has 0 aliphatic carbocycles. The monoisotopic (exact) mass is 292 g/mol. The number of halogens is 3. The quantitative estimate of drug-likeness (QED) is 0.642. The standard InChI is InChI=1S/C15H11ClF2N2/c1-9-2-4-13(11(18)6-9)20-14-5-3-10(17)7-12(14)19-15(20)8-16/h2-7H,8H2,1H3.